The smallest absolute Gasteiger partial charge is 0.256 e. The summed E-state index contributed by atoms with van der Waals surface area (Å²) in [5.74, 6) is -0.255. The number of hydrogen-bond donors (Lipinski definition) is 2. The standard InChI is InChI=1S/C20H23BrN4O3/c1-20(2,27)13-28-8-7-22-19(26)17-11-24-25-12-15(10-23-18(17)25)9-14-3-5-16(21)6-4-14/h3-6,10-12,27H,7-9,13H2,1-2H3,(H,22,26). The van der Waals surface area contributed by atoms with Crippen molar-refractivity contribution in [1.82, 2.24) is 19.9 Å². The maximum absolute atomic E-state index is 12.4. The van der Waals surface area contributed by atoms with Gasteiger partial charge in [0, 0.05) is 29.8 Å². The fraction of sp³-hybridized carbons (Fsp3) is 0.350. The van der Waals surface area contributed by atoms with Gasteiger partial charge in [-0.1, -0.05) is 28.1 Å². The maximum atomic E-state index is 12.4. The van der Waals surface area contributed by atoms with Crippen LogP contribution < -0.4 is 5.32 Å². The molecule has 0 spiro atoms. The fourth-order valence-electron chi connectivity index (χ4n) is 2.66. The number of aliphatic hydroxyl groups is 1. The van der Waals surface area contributed by atoms with E-state index in [1.807, 2.05) is 18.3 Å². The van der Waals surface area contributed by atoms with Crippen LogP contribution in [-0.4, -0.2) is 51.0 Å². The molecule has 0 radical (unpaired) electrons. The first-order valence-corrected chi connectivity index (χ1v) is 9.76. The van der Waals surface area contributed by atoms with E-state index in [2.05, 4.69) is 43.5 Å². The summed E-state index contributed by atoms with van der Waals surface area (Å²) >= 11 is 3.43. The number of rotatable bonds is 8. The van der Waals surface area contributed by atoms with E-state index in [-0.39, 0.29) is 12.5 Å². The number of halogens is 1. The van der Waals surface area contributed by atoms with E-state index in [0.29, 0.717) is 24.4 Å². The Hall–Kier alpha value is -2.29. The molecule has 7 nitrogen and oxygen atoms in total. The summed E-state index contributed by atoms with van der Waals surface area (Å²) in [6.07, 6.45) is 5.89. The Morgan fingerprint density at radius 2 is 2.00 bits per heavy atom. The topological polar surface area (TPSA) is 88.8 Å². The van der Waals surface area contributed by atoms with E-state index in [1.165, 1.54) is 11.8 Å². The number of nitrogens with zero attached hydrogens (tertiary/aromatic N) is 3. The van der Waals surface area contributed by atoms with E-state index < -0.39 is 5.60 Å². The van der Waals surface area contributed by atoms with Crippen molar-refractivity contribution in [3.8, 4) is 0 Å². The quantitative estimate of drug-likeness (QED) is 0.519. The van der Waals surface area contributed by atoms with Gasteiger partial charge in [0.25, 0.3) is 5.91 Å². The minimum absolute atomic E-state index is 0.211. The van der Waals surface area contributed by atoms with Crippen LogP contribution in [0.2, 0.25) is 0 Å². The molecule has 3 rings (SSSR count). The summed E-state index contributed by atoms with van der Waals surface area (Å²) in [6, 6.07) is 8.11. The molecule has 1 amide bonds. The van der Waals surface area contributed by atoms with Gasteiger partial charge < -0.3 is 15.2 Å². The van der Waals surface area contributed by atoms with Crippen molar-refractivity contribution in [2.45, 2.75) is 25.9 Å². The molecule has 28 heavy (non-hydrogen) atoms. The Balaban J connectivity index is 1.60. The Morgan fingerprint density at radius 1 is 1.25 bits per heavy atom. The predicted octanol–water partition coefficient (Wildman–Crippen LogP) is 2.60. The molecule has 0 saturated heterocycles. The van der Waals surface area contributed by atoms with Gasteiger partial charge in [0.05, 0.1) is 25.0 Å². The van der Waals surface area contributed by atoms with Crippen molar-refractivity contribution >= 4 is 27.5 Å². The van der Waals surface area contributed by atoms with E-state index in [9.17, 15) is 9.90 Å². The van der Waals surface area contributed by atoms with Gasteiger partial charge in [-0.3, -0.25) is 4.79 Å². The van der Waals surface area contributed by atoms with Crippen molar-refractivity contribution in [2.24, 2.45) is 0 Å². The zero-order valence-electron chi connectivity index (χ0n) is 15.9. The Labute approximate surface area is 171 Å². The predicted molar refractivity (Wildman–Crippen MR) is 109 cm³/mol. The SMILES string of the molecule is CC(C)(O)COCCNC(=O)c1cnn2cc(Cc3ccc(Br)cc3)cnc12. The van der Waals surface area contributed by atoms with Crippen molar-refractivity contribution in [1.29, 1.82) is 0 Å². The van der Waals surface area contributed by atoms with Gasteiger partial charge in [-0.25, -0.2) is 9.50 Å². The van der Waals surface area contributed by atoms with Crippen LogP contribution in [0.5, 0.6) is 0 Å². The van der Waals surface area contributed by atoms with Crippen molar-refractivity contribution in [3.63, 3.8) is 0 Å². The molecule has 0 atom stereocenters. The molecule has 0 aliphatic carbocycles. The molecule has 0 fully saturated rings. The summed E-state index contributed by atoms with van der Waals surface area (Å²) in [5, 5.41) is 16.6. The molecule has 0 unspecified atom stereocenters. The molecule has 0 aliphatic heterocycles. The third-order valence-corrected chi connectivity index (χ3v) is 4.49. The van der Waals surface area contributed by atoms with Gasteiger partial charge in [0.2, 0.25) is 0 Å². The van der Waals surface area contributed by atoms with Gasteiger partial charge in [0.1, 0.15) is 5.56 Å². The van der Waals surface area contributed by atoms with Crippen LogP contribution in [0.4, 0.5) is 0 Å². The van der Waals surface area contributed by atoms with Crippen molar-refractivity contribution in [2.75, 3.05) is 19.8 Å². The Kier molecular flexibility index (Phi) is 6.43. The van der Waals surface area contributed by atoms with Gasteiger partial charge in [-0.05, 0) is 37.1 Å². The van der Waals surface area contributed by atoms with Crippen LogP contribution in [0.1, 0.15) is 35.3 Å². The zero-order valence-corrected chi connectivity index (χ0v) is 17.4. The molecule has 3 aromatic rings. The summed E-state index contributed by atoms with van der Waals surface area (Å²) in [5.41, 5.74) is 2.21. The average Bonchev–Trinajstić information content (AvgIpc) is 3.05. The van der Waals surface area contributed by atoms with E-state index >= 15 is 0 Å². The highest BCUT2D eigenvalue weighted by Crippen LogP contribution is 2.15. The second-order valence-electron chi connectivity index (χ2n) is 7.21. The van der Waals surface area contributed by atoms with Crippen LogP contribution in [-0.2, 0) is 11.2 Å². The molecule has 1 aromatic carbocycles. The first kappa shape index (κ1) is 20.4. The third-order valence-electron chi connectivity index (χ3n) is 3.96. The molecule has 0 aliphatic rings. The summed E-state index contributed by atoms with van der Waals surface area (Å²) < 4.78 is 7.99. The maximum Gasteiger partial charge on any atom is 0.256 e. The number of aromatic nitrogens is 3. The van der Waals surface area contributed by atoms with Gasteiger partial charge in [-0.15, -0.1) is 0 Å². The minimum Gasteiger partial charge on any atom is -0.388 e. The zero-order chi connectivity index (χ0) is 20.1. The van der Waals surface area contributed by atoms with Gasteiger partial charge in [-0.2, -0.15) is 5.10 Å². The largest absolute Gasteiger partial charge is 0.388 e. The van der Waals surface area contributed by atoms with Crippen molar-refractivity contribution in [3.05, 3.63) is 64.0 Å². The fourth-order valence-corrected chi connectivity index (χ4v) is 2.92. The summed E-state index contributed by atoms with van der Waals surface area (Å²) in [6.45, 7) is 4.21. The third kappa shape index (κ3) is 5.60. The number of carbonyl (C=O) groups is 1. The second-order valence-corrected chi connectivity index (χ2v) is 8.13. The van der Waals surface area contributed by atoms with E-state index in [0.717, 1.165) is 16.5 Å². The molecule has 0 bridgehead atoms. The normalized spacial score (nSPS) is 11.7. The average molecular weight is 447 g/mol. The number of ether oxygens (including phenoxy) is 1. The summed E-state index contributed by atoms with van der Waals surface area (Å²) in [4.78, 5) is 16.8. The van der Waals surface area contributed by atoms with Crippen LogP contribution in [0.25, 0.3) is 5.65 Å². The lowest BCUT2D eigenvalue weighted by molar-refractivity contribution is -0.0194. The van der Waals surface area contributed by atoms with E-state index in [4.69, 9.17) is 4.74 Å². The monoisotopic (exact) mass is 446 g/mol. The lowest BCUT2D eigenvalue weighted by Crippen LogP contribution is -2.31. The molecular weight excluding hydrogens is 424 g/mol. The Morgan fingerprint density at radius 3 is 2.71 bits per heavy atom. The highest BCUT2D eigenvalue weighted by atomic mass is 79.9. The number of carbonyl (C=O) groups excluding carboxylic acids is 1. The van der Waals surface area contributed by atoms with Gasteiger partial charge >= 0.3 is 0 Å². The minimum atomic E-state index is -0.885. The highest BCUT2D eigenvalue weighted by Gasteiger charge is 2.15. The number of hydrogen-bond acceptors (Lipinski definition) is 5. The van der Waals surface area contributed by atoms with Crippen LogP contribution in [0, 0.1) is 0 Å². The number of benzene rings is 1. The second kappa shape index (κ2) is 8.81. The lowest BCUT2D eigenvalue weighted by Gasteiger charge is -2.16. The molecule has 0 saturated carbocycles. The lowest BCUT2D eigenvalue weighted by atomic mass is 10.1. The van der Waals surface area contributed by atoms with E-state index in [1.54, 1.807) is 24.6 Å². The van der Waals surface area contributed by atoms with Crippen LogP contribution >= 0.6 is 15.9 Å². The van der Waals surface area contributed by atoms with Crippen LogP contribution in [0.3, 0.4) is 0 Å². The number of fused-ring (bicyclic) bond motifs is 1. The Bertz CT molecular complexity index is 948. The van der Waals surface area contributed by atoms with Crippen LogP contribution in [0.15, 0.2) is 47.3 Å². The molecule has 2 aromatic heterocycles. The molecule has 8 heteroatoms. The van der Waals surface area contributed by atoms with Crippen molar-refractivity contribution < 1.29 is 14.6 Å². The number of nitrogens with one attached hydrogen (secondary N) is 1. The molecular formula is C20H23BrN4O3. The highest BCUT2D eigenvalue weighted by molar-refractivity contribution is 9.10. The first-order valence-electron chi connectivity index (χ1n) is 8.97. The molecule has 2 heterocycles. The molecule has 148 valence electrons. The summed E-state index contributed by atoms with van der Waals surface area (Å²) in [7, 11) is 0. The molecule has 2 N–H and O–H groups in total. The first-order chi connectivity index (χ1) is 13.3. The van der Waals surface area contributed by atoms with Gasteiger partial charge in [0.15, 0.2) is 5.65 Å². The number of amides is 1.